The zero-order valence-corrected chi connectivity index (χ0v) is 7.83. The van der Waals surface area contributed by atoms with E-state index in [-0.39, 0.29) is 5.97 Å². The number of esters is 1. The molecule has 0 aliphatic heterocycles. The quantitative estimate of drug-likeness (QED) is 0.511. The Morgan fingerprint density at radius 3 is 2.54 bits per heavy atom. The largest absolute Gasteiger partial charge is 0.428 e. The third-order valence-corrected chi connectivity index (χ3v) is 1.63. The third-order valence-electron chi connectivity index (χ3n) is 1.63. The fourth-order valence-electron chi connectivity index (χ4n) is 1.02. The second-order valence-corrected chi connectivity index (χ2v) is 2.91. The Balaban J connectivity index is 2.89. The van der Waals surface area contributed by atoms with Crippen LogP contribution < -0.4 is 0 Å². The summed E-state index contributed by atoms with van der Waals surface area (Å²) in [6, 6.07) is 7.30. The molecule has 0 radical (unpaired) electrons. The minimum atomic E-state index is -0.342. The van der Waals surface area contributed by atoms with Crippen molar-refractivity contribution >= 4 is 5.97 Å². The molecule has 0 saturated carbocycles. The molecule has 0 fully saturated rings. The number of ether oxygens (including phenoxy) is 1. The summed E-state index contributed by atoms with van der Waals surface area (Å²) in [5.74, 6) is 0.0684. The van der Waals surface area contributed by atoms with Crippen LogP contribution in [-0.4, -0.2) is 5.97 Å². The maximum Gasteiger partial charge on any atom is 0.343 e. The first-order valence-electron chi connectivity index (χ1n) is 4.04. The Morgan fingerprint density at radius 2 is 2.00 bits per heavy atom. The van der Waals surface area contributed by atoms with Gasteiger partial charge in [-0.05, 0) is 25.5 Å². The molecule has 1 aromatic rings. The van der Waals surface area contributed by atoms with E-state index in [1.165, 1.54) is 0 Å². The zero-order chi connectivity index (χ0) is 9.84. The molecule has 68 valence electrons. The van der Waals surface area contributed by atoms with Crippen LogP contribution in [-0.2, 0) is 4.74 Å². The van der Waals surface area contributed by atoms with Crippen molar-refractivity contribution in [2.75, 3.05) is 0 Å². The van der Waals surface area contributed by atoms with Gasteiger partial charge < -0.3 is 4.74 Å². The van der Waals surface area contributed by atoms with Crippen molar-refractivity contribution in [3.05, 3.63) is 47.7 Å². The maximum atomic E-state index is 11.4. The van der Waals surface area contributed by atoms with Crippen molar-refractivity contribution in [2.24, 2.45) is 0 Å². The minimum absolute atomic E-state index is 0.342. The predicted octanol–water partition coefficient (Wildman–Crippen LogP) is 2.69. The van der Waals surface area contributed by atoms with Crippen LogP contribution >= 0.6 is 0 Å². The van der Waals surface area contributed by atoms with Gasteiger partial charge in [0.25, 0.3) is 0 Å². The molecule has 0 spiro atoms. The van der Waals surface area contributed by atoms with Gasteiger partial charge in [-0.15, -0.1) is 0 Å². The van der Waals surface area contributed by atoms with E-state index in [0.717, 1.165) is 5.56 Å². The van der Waals surface area contributed by atoms with E-state index < -0.39 is 0 Å². The molecule has 0 aliphatic carbocycles. The molecule has 2 heteroatoms. The number of aryl methyl sites for hydroxylation is 1. The highest BCUT2D eigenvalue weighted by molar-refractivity contribution is 5.91. The lowest BCUT2D eigenvalue weighted by atomic mass is 10.1. The minimum Gasteiger partial charge on any atom is -0.428 e. The second-order valence-electron chi connectivity index (χ2n) is 2.91. The van der Waals surface area contributed by atoms with E-state index >= 15 is 0 Å². The molecule has 13 heavy (non-hydrogen) atoms. The molecule has 0 heterocycles. The van der Waals surface area contributed by atoms with Crippen LogP contribution in [0.15, 0.2) is 36.6 Å². The van der Waals surface area contributed by atoms with Crippen LogP contribution in [0.5, 0.6) is 0 Å². The number of carbonyl (C=O) groups is 1. The summed E-state index contributed by atoms with van der Waals surface area (Å²) in [4.78, 5) is 11.4. The lowest BCUT2D eigenvalue weighted by Gasteiger charge is -2.04. The standard InChI is InChI=1S/C11H12O2/c1-8(2)13-11(12)10-7-5-4-6-9(10)3/h4-7H,1H2,2-3H3. The molecule has 0 aliphatic rings. The van der Waals surface area contributed by atoms with E-state index in [9.17, 15) is 4.79 Å². The van der Waals surface area contributed by atoms with Gasteiger partial charge in [0.15, 0.2) is 0 Å². The fraction of sp³-hybridized carbons (Fsp3) is 0.182. The highest BCUT2D eigenvalue weighted by Crippen LogP contribution is 2.09. The number of allylic oxidation sites excluding steroid dienone is 1. The van der Waals surface area contributed by atoms with Crippen molar-refractivity contribution in [3.63, 3.8) is 0 Å². The first-order chi connectivity index (χ1) is 6.11. The van der Waals surface area contributed by atoms with E-state index in [1.54, 1.807) is 13.0 Å². The average Bonchev–Trinajstić information content (AvgIpc) is 2.03. The van der Waals surface area contributed by atoms with E-state index in [4.69, 9.17) is 4.74 Å². The van der Waals surface area contributed by atoms with Crippen molar-refractivity contribution in [3.8, 4) is 0 Å². The Hall–Kier alpha value is -1.57. The molecule has 1 aromatic carbocycles. The SMILES string of the molecule is C=C(C)OC(=O)c1ccccc1C. The second kappa shape index (κ2) is 3.90. The Bertz CT molecular complexity index is 340. The van der Waals surface area contributed by atoms with Crippen LogP contribution in [0.1, 0.15) is 22.8 Å². The van der Waals surface area contributed by atoms with Gasteiger partial charge in [0.05, 0.1) is 11.3 Å². The topological polar surface area (TPSA) is 26.3 Å². The van der Waals surface area contributed by atoms with Gasteiger partial charge in [0, 0.05) is 0 Å². The number of rotatable bonds is 2. The maximum absolute atomic E-state index is 11.4. The first kappa shape index (κ1) is 9.52. The van der Waals surface area contributed by atoms with Crippen molar-refractivity contribution in [1.29, 1.82) is 0 Å². The monoisotopic (exact) mass is 176 g/mol. The van der Waals surface area contributed by atoms with Crippen LogP contribution in [0.2, 0.25) is 0 Å². The Labute approximate surface area is 77.8 Å². The molecule has 1 rings (SSSR count). The van der Waals surface area contributed by atoms with Gasteiger partial charge in [0.2, 0.25) is 0 Å². The van der Waals surface area contributed by atoms with Gasteiger partial charge >= 0.3 is 5.97 Å². The van der Waals surface area contributed by atoms with Gasteiger partial charge in [-0.1, -0.05) is 24.8 Å². The summed E-state index contributed by atoms with van der Waals surface area (Å²) >= 11 is 0. The van der Waals surface area contributed by atoms with Crippen molar-refractivity contribution < 1.29 is 9.53 Å². The van der Waals surface area contributed by atoms with E-state index in [2.05, 4.69) is 6.58 Å². The highest BCUT2D eigenvalue weighted by Gasteiger charge is 2.08. The Kier molecular flexibility index (Phi) is 2.85. The molecule has 0 saturated heterocycles. The van der Waals surface area contributed by atoms with E-state index in [1.807, 2.05) is 25.1 Å². The predicted molar refractivity (Wildman–Crippen MR) is 51.4 cm³/mol. The summed E-state index contributed by atoms with van der Waals surface area (Å²) in [5.41, 5.74) is 1.50. The normalized spacial score (nSPS) is 9.38. The van der Waals surface area contributed by atoms with Gasteiger partial charge in [-0.3, -0.25) is 0 Å². The number of hydrogen-bond donors (Lipinski definition) is 0. The molecule has 0 aromatic heterocycles. The van der Waals surface area contributed by atoms with Crippen LogP contribution in [0.25, 0.3) is 0 Å². The molecular weight excluding hydrogens is 164 g/mol. The molecule has 0 unspecified atom stereocenters. The first-order valence-corrected chi connectivity index (χ1v) is 4.04. The summed E-state index contributed by atoms with van der Waals surface area (Å²) in [7, 11) is 0. The summed E-state index contributed by atoms with van der Waals surface area (Å²) in [5, 5.41) is 0. The van der Waals surface area contributed by atoms with E-state index in [0.29, 0.717) is 11.3 Å². The molecule has 2 nitrogen and oxygen atoms in total. The molecule has 0 N–H and O–H groups in total. The smallest absolute Gasteiger partial charge is 0.343 e. The van der Waals surface area contributed by atoms with Crippen LogP contribution in [0.4, 0.5) is 0 Å². The number of carbonyl (C=O) groups excluding carboxylic acids is 1. The molecule has 0 atom stereocenters. The fourth-order valence-corrected chi connectivity index (χ4v) is 1.02. The Morgan fingerprint density at radius 1 is 1.38 bits per heavy atom. The van der Waals surface area contributed by atoms with Crippen LogP contribution in [0, 0.1) is 6.92 Å². The number of hydrogen-bond acceptors (Lipinski definition) is 2. The van der Waals surface area contributed by atoms with Crippen LogP contribution in [0.3, 0.4) is 0 Å². The molecule has 0 bridgehead atoms. The molecule has 0 amide bonds. The lowest BCUT2D eigenvalue weighted by molar-refractivity contribution is 0.0627. The van der Waals surface area contributed by atoms with Gasteiger partial charge in [0.1, 0.15) is 0 Å². The van der Waals surface area contributed by atoms with Crippen molar-refractivity contribution in [2.45, 2.75) is 13.8 Å². The summed E-state index contributed by atoms with van der Waals surface area (Å²) in [6.07, 6.45) is 0. The van der Waals surface area contributed by atoms with Crippen molar-refractivity contribution in [1.82, 2.24) is 0 Å². The van der Waals surface area contributed by atoms with Gasteiger partial charge in [-0.25, -0.2) is 4.79 Å². The number of benzene rings is 1. The summed E-state index contributed by atoms with van der Waals surface area (Å²) < 4.78 is 4.88. The van der Waals surface area contributed by atoms with Gasteiger partial charge in [-0.2, -0.15) is 0 Å². The lowest BCUT2D eigenvalue weighted by Crippen LogP contribution is -2.04. The molecular formula is C11H12O2. The highest BCUT2D eigenvalue weighted by atomic mass is 16.5. The summed E-state index contributed by atoms with van der Waals surface area (Å²) in [6.45, 7) is 7.03. The third kappa shape index (κ3) is 2.44. The average molecular weight is 176 g/mol. The zero-order valence-electron chi connectivity index (χ0n) is 7.83.